The third-order valence-corrected chi connectivity index (χ3v) is 3.80. The number of carbonyl (C=O) groups excluding carboxylic acids is 2. The number of rotatable bonds is 3. The van der Waals surface area contributed by atoms with Crippen LogP contribution in [-0.4, -0.2) is 42.6 Å². The van der Waals surface area contributed by atoms with Crippen LogP contribution < -0.4 is 14.8 Å². The fraction of sp³-hybridized carbons (Fsp3) is 0.375. The first-order valence-electron chi connectivity index (χ1n) is 7.12. The molecule has 1 aromatic rings. The summed E-state index contributed by atoms with van der Waals surface area (Å²) in [5.41, 5.74) is 0.487. The van der Waals surface area contributed by atoms with Gasteiger partial charge in [0.15, 0.2) is 11.5 Å². The highest BCUT2D eigenvalue weighted by Gasteiger charge is 2.34. The van der Waals surface area contributed by atoms with Gasteiger partial charge in [-0.15, -0.1) is 6.42 Å². The van der Waals surface area contributed by atoms with E-state index in [0.717, 1.165) is 6.42 Å². The molecule has 2 aliphatic heterocycles. The fourth-order valence-electron chi connectivity index (χ4n) is 2.73. The summed E-state index contributed by atoms with van der Waals surface area (Å²) in [6, 6.07) is 4.58. The van der Waals surface area contributed by atoms with E-state index in [1.807, 2.05) is 0 Å². The minimum atomic E-state index is -0.466. The van der Waals surface area contributed by atoms with E-state index in [1.165, 1.54) is 0 Å². The Morgan fingerprint density at radius 2 is 2.18 bits per heavy atom. The zero-order valence-corrected chi connectivity index (χ0v) is 12.0. The molecule has 114 valence electrons. The summed E-state index contributed by atoms with van der Waals surface area (Å²) in [5, 5.41) is 2.64. The third-order valence-electron chi connectivity index (χ3n) is 3.80. The van der Waals surface area contributed by atoms with E-state index in [1.54, 1.807) is 23.1 Å². The molecule has 22 heavy (non-hydrogen) atoms. The smallest absolute Gasteiger partial charge is 0.254 e. The molecule has 1 unspecified atom stereocenters. The van der Waals surface area contributed by atoms with Crippen molar-refractivity contribution in [1.82, 2.24) is 10.2 Å². The van der Waals surface area contributed by atoms with Crippen LogP contribution in [0.4, 0.5) is 0 Å². The molecule has 0 aromatic heterocycles. The van der Waals surface area contributed by atoms with Gasteiger partial charge in [0.05, 0.1) is 6.54 Å². The van der Waals surface area contributed by atoms with Crippen molar-refractivity contribution in [3.8, 4) is 23.8 Å². The Bertz CT molecular complexity index is 650. The number of fused-ring (bicyclic) bond motifs is 1. The minimum Gasteiger partial charge on any atom is -0.454 e. The van der Waals surface area contributed by atoms with Gasteiger partial charge in [-0.25, -0.2) is 0 Å². The lowest BCUT2D eigenvalue weighted by molar-refractivity contribution is -0.124. The molecule has 6 nitrogen and oxygen atoms in total. The Morgan fingerprint density at radius 1 is 1.36 bits per heavy atom. The maximum absolute atomic E-state index is 12.6. The van der Waals surface area contributed by atoms with E-state index >= 15 is 0 Å². The van der Waals surface area contributed by atoms with Crippen LogP contribution in [0.5, 0.6) is 11.5 Å². The average molecular weight is 300 g/mol. The van der Waals surface area contributed by atoms with Crippen LogP contribution in [0.3, 0.4) is 0 Å². The van der Waals surface area contributed by atoms with E-state index in [9.17, 15) is 9.59 Å². The van der Waals surface area contributed by atoms with Gasteiger partial charge in [0, 0.05) is 12.1 Å². The zero-order valence-electron chi connectivity index (χ0n) is 12.0. The van der Waals surface area contributed by atoms with Crippen molar-refractivity contribution in [2.75, 3.05) is 19.9 Å². The second-order valence-electron chi connectivity index (χ2n) is 5.15. The molecule has 1 saturated heterocycles. The first-order chi connectivity index (χ1) is 10.7. The van der Waals surface area contributed by atoms with Crippen molar-refractivity contribution in [2.45, 2.75) is 18.9 Å². The van der Waals surface area contributed by atoms with Gasteiger partial charge < -0.3 is 19.7 Å². The quantitative estimate of drug-likeness (QED) is 0.837. The molecule has 0 saturated carbocycles. The Morgan fingerprint density at radius 3 is 3.00 bits per heavy atom. The Balaban J connectivity index is 1.76. The van der Waals surface area contributed by atoms with Crippen LogP contribution in [-0.2, 0) is 4.79 Å². The predicted molar refractivity (Wildman–Crippen MR) is 78.5 cm³/mol. The molecular weight excluding hydrogens is 284 g/mol. The number of nitrogens with zero attached hydrogens (tertiary/aromatic N) is 1. The summed E-state index contributed by atoms with van der Waals surface area (Å²) in [6.07, 6.45) is 6.58. The maximum atomic E-state index is 12.6. The van der Waals surface area contributed by atoms with Crippen LogP contribution in [0.25, 0.3) is 0 Å². The minimum absolute atomic E-state index is 0.161. The SMILES string of the molecule is C#CCNC(=O)C1CCCN1C(=O)c1ccc2c(c1)OCO2. The topological polar surface area (TPSA) is 67.9 Å². The largest absolute Gasteiger partial charge is 0.454 e. The Labute approximate surface area is 128 Å². The van der Waals surface area contributed by atoms with E-state index in [0.29, 0.717) is 30.0 Å². The maximum Gasteiger partial charge on any atom is 0.254 e. The van der Waals surface area contributed by atoms with Gasteiger partial charge in [0.25, 0.3) is 5.91 Å². The van der Waals surface area contributed by atoms with Crippen molar-refractivity contribution in [2.24, 2.45) is 0 Å². The molecule has 0 radical (unpaired) electrons. The van der Waals surface area contributed by atoms with Gasteiger partial charge in [-0.1, -0.05) is 5.92 Å². The van der Waals surface area contributed by atoms with Crippen molar-refractivity contribution in [3.63, 3.8) is 0 Å². The third kappa shape index (κ3) is 2.58. The number of terminal acetylenes is 1. The molecule has 0 spiro atoms. The fourth-order valence-corrected chi connectivity index (χ4v) is 2.73. The molecule has 2 amide bonds. The van der Waals surface area contributed by atoms with Crippen LogP contribution >= 0.6 is 0 Å². The predicted octanol–water partition coefficient (Wildman–Crippen LogP) is 0.769. The van der Waals surface area contributed by atoms with E-state index < -0.39 is 6.04 Å². The monoisotopic (exact) mass is 300 g/mol. The molecule has 1 aromatic carbocycles. The van der Waals surface area contributed by atoms with Gasteiger partial charge in [-0.2, -0.15) is 0 Å². The molecule has 1 fully saturated rings. The standard InChI is InChI=1S/C16H16N2O4/c1-2-7-17-15(19)12-4-3-8-18(12)16(20)11-5-6-13-14(9-11)22-10-21-13/h1,5-6,9,12H,3-4,7-8,10H2,(H,17,19). The summed E-state index contributed by atoms with van der Waals surface area (Å²) in [4.78, 5) is 26.3. The highest BCUT2D eigenvalue weighted by Crippen LogP contribution is 2.33. The highest BCUT2D eigenvalue weighted by molar-refractivity contribution is 5.98. The van der Waals surface area contributed by atoms with Crippen LogP contribution in [0.15, 0.2) is 18.2 Å². The van der Waals surface area contributed by atoms with E-state index in [-0.39, 0.29) is 25.2 Å². The number of ether oxygens (including phenoxy) is 2. The van der Waals surface area contributed by atoms with E-state index in [2.05, 4.69) is 11.2 Å². The summed E-state index contributed by atoms with van der Waals surface area (Å²) in [7, 11) is 0. The van der Waals surface area contributed by atoms with Crippen molar-refractivity contribution >= 4 is 11.8 Å². The summed E-state index contributed by atoms with van der Waals surface area (Å²) >= 11 is 0. The first-order valence-corrected chi connectivity index (χ1v) is 7.12. The van der Waals surface area contributed by atoms with Crippen LogP contribution in [0, 0.1) is 12.3 Å². The van der Waals surface area contributed by atoms with E-state index in [4.69, 9.17) is 15.9 Å². The number of hydrogen-bond acceptors (Lipinski definition) is 4. The summed E-state index contributed by atoms with van der Waals surface area (Å²) in [6.45, 7) is 0.886. The van der Waals surface area contributed by atoms with Crippen molar-refractivity contribution in [1.29, 1.82) is 0 Å². The lowest BCUT2D eigenvalue weighted by Crippen LogP contribution is -2.46. The molecule has 0 aliphatic carbocycles. The van der Waals surface area contributed by atoms with Gasteiger partial charge in [0.1, 0.15) is 6.04 Å². The molecule has 2 aliphatic rings. The van der Waals surface area contributed by atoms with Gasteiger partial charge >= 0.3 is 0 Å². The average Bonchev–Trinajstić information content (AvgIpc) is 3.19. The van der Waals surface area contributed by atoms with Crippen molar-refractivity contribution in [3.05, 3.63) is 23.8 Å². The molecule has 0 bridgehead atoms. The summed E-state index contributed by atoms with van der Waals surface area (Å²) in [5.74, 6) is 3.15. The number of likely N-dealkylation sites (tertiary alicyclic amines) is 1. The Kier molecular flexibility index (Phi) is 3.88. The first kappa shape index (κ1) is 14.3. The number of nitrogens with one attached hydrogen (secondary N) is 1. The molecule has 3 rings (SSSR count). The van der Waals surface area contributed by atoms with Crippen LogP contribution in [0.1, 0.15) is 23.2 Å². The van der Waals surface area contributed by atoms with Gasteiger partial charge in [0.2, 0.25) is 12.7 Å². The molecular formula is C16H16N2O4. The number of hydrogen-bond donors (Lipinski definition) is 1. The number of carbonyl (C=O) groups is 2. The summed E-state index contributed by atoms with van der Waals surface area (Å²) < 4.78 is 10.5. The lowest BCUT2D eigenvalue weighted by atomic mass is 10.1. The molecule has 1 atom stereocenters. The normalized spacial score (nSPS) is 18.9. The molecule has 6 heteroatoms. The Hall–Kier alpha value is -2.68. The van der Waals surface area contributed by atoms with Crippen LogP contribution in [0.2, 0.25) is 0 Å². The lowest BCUT2D eigenvalue weighted by Gasteiger charge is -2.23. The van der Waals surface area contributed by atoms with Gasteiger partial charge in [-0.3, -0.25) is 9.59 Å². The number of amides is 2. The second kappa shape index (κ2) is 5.98. The molecule has 2 heterocycles. The molecule has 1 N–H and O–H groups in total. The zero-order chi connectivity index (χ0) is 15.5. The van der Waals surface area contributed by atoms with Crippen molar-refractivity contribution < 1.29 is 19.1 Å². The number of benzene rings is 1. The van der Waals surface area contributed by atoms with Gasteiger partial charge in [-0.05, 0) is 31.0 Å². The second-order valence-corrected chi connectivity index (χ2v) is 5.15. The highest BCUT2D eigenvalue weighted by atomic mass is 16.7.